The summed E-state index contributed by atoms with van der Waals surface area (Å²) in [4.78, 5) is 16.8. The van der Waals surface area contributed by atoms with E-state index < -0.39 is 5.82 Å². The number of hydrogen-bond acceptors (Lipinski definition) is 4. The second-order valence-corrected chi connectivity index (χ2v) is 6.94. The quantitative estimate of drug-likeness (QED) is 0.491. The van der Waals surface area contributed by atoms with E-state index in [1.54, 1.807) is 12.1 Å². The molecule has 1 fully saturated rings. The lowest BCUT2D eigenvalue weighted by molar-refractivity contribution is 0.102. The molecule has 126 valence electrons. The van der Waals surface area contributed by atoms with Crippen LogP contribution in [0.15, 0.2) is 59.8 Å². The average Bonchev–Trinajstić information content (AvgIpc) is 3.40. The number of ketones is 1. The predicted molar refractivity (Wildman–Crippen MR) is 94.8 cm³/mol. The van der Waals surface area contributed by atoms with E-state index in [4.69, 9.17) is 0 Å². The molecule has 0 atom stereocenters. The first-order valence-electron chi connectivity index (χ1n) is 8.14. The van der Waals surface area contributed by atoms with Gasteiger partial charge in [0.1, 0.15) is 11.6 Å². The zero-order chi connectivity index (χ0) is 17.2. The highest BCUT2D eigenvalue weighted by Gasteiger charge is 2.30. The molecule has 0 spiro atoms. The molecule has 1 saturated carbocycles. The van der Waals surface area contributed by atoms with Crippen LogP contribution in [0.5, 0.6) is 0 Å². The lowest BCUT2D eigenvalue weighted by Crippen LogP contribution is -2.03. The number of para-hydroxylation sites is 1. The minimum Gasteiger partial charge on any atom is -0.293 e. The van der Waals surface area contributed by atoms with Crippen LogP contribution in [0.25, 0.3) is 5.69 Å². The van der Waals surface area contributed by atoms with Gasteiger partial charge in [0.2, 0.25) is 5.16 Å². The fourth-order valence-corrected chi connectivity index (χ4v) is 3.33. The first-order chi connectivity index (χ1) is 12.2. The van der Waals surface area contributed by atoms with Crippen LogP contribution in [0.1, 0.15) is 34.9 Å². The second kappa shape index (κ2) is 6.80. The number of aromatic nitrogens is 3. The van der Waals surface area contributed by atoms with Crippen molar-refractivity contribution >= 4 is 17.5 Å². The first-order valence-corrected chi connectivity index (χ1v) is 9.13. The van der Waals surface area contributed by atoms with Crippen LogP contribution in [-0.4, -0.2) is 26.3 Å². The van der Waals surface area contributed by atoms with Crippen molar-refractivity contribution in [1.82, 2.24) is 14.8 Å². The minimum atomic E-state index is -0.404. The van der Waals surface area contributed by atoms with Crippen molar-refractivity contribution in [3.05, 3.63) is 71.8 Å². The normalized spacial score (nSPS) is 13.8. The summed E-state index contributed by atoms with van der Waals surface area (Å²) in [5.41, 5.74) is 1.35. The summed E-state index contributed by atoms with van der Waals surface area (Å²) < 4.78 is 15.1. The van der Waals surface area contributed by atoms with Gasteiger partial charge in [-0.25, -0.2) is 14.1 Å². The molecule has 0 amide bonds. The van der Waals surface area contributed by atoms with Crippen molar-refractivity contribution in [2.75, 3.05) is 5.75 Å². The number of benzene rings is 2. The fourth-order valence-electron chi connectivity index (χ4n) is 2.61. The number of rotatable bonds is 6. The molecule has 0 bridgehead atoms. The predicted octanol–water partition coefficient (Wildman–Crippen LogP) is 4.26. The van der Waals surface area contributed by atoms with Crippen LogP contribution in [0, 0.1) is 5.82 Å². The van der Waals surface area contributed by atoms with Gasteiger partial charge in [-0.05, 0) is 37.1 Å². The number of hydrogen-bond donors (Lipinski definition) is 0. The molecule has 0 N–H and O–H groups in total. The number of nitrogens with zero attached hydrogens (tertiary/aromatic N) is 3. The lowest BCUT2D eigenvalue weighted by atomic mass is 10.1. The molecule has 1 aliphatic carbocycles. The van der Waals surface area contributed by atoms with Crippen LogP contribution >= 0.6 is 11.8 Å². The second-order valence-electron chi connectivity index (χ2n) is 6.00. The van der Waals surface area contributed by atoms with Crippen LogP contribution in [0.2, 0.25) is 0 Å². The molecule has 4 rings (SSSR count). The summed E-state index contributed by atoms with van der Waals surface area (Å²) >= 11 is 1.29. The van der Waals surface area contributed by atoms with Gasteiger partial charge in [-0.3, -0.25) is 4.79 Å². The molecular formula is C19H16FN3OS. The smallest absolute Gasteiger partial charge is 0.209 e. The zero-order valence-electron chi connectivity index (χ0n) is 13.4. The topological polar surface area (TPSA) is 47.8 Å². The van der Waals surface area contributed by atoms with E-state index in [9.17, 15) is 9.18 Å². The fraction of sp³-hybridized carbons (Fsp3) is 0.211. The largest absolute Gasteiger partial charge is 0.293 e. The number of thioether (sulfide) groups is 1. The third-order valence-electron chi connectivity index (χ3n) is 4.03. The van der Waals surface area contributed by atoms with E-state index in [0.717, 1.165) is 24.4 Å². The summed E-state index contributed by atoms with van der Waals surface area (Å²) in [6.45, 7) is 0. The van der Waals surface area contributed by atoms with Gasteiger partial charge in [-0.1, -0.05) is 42.1 Å². The SMILES string of the molecule is O=C(CSc1nc(C2CC2)n(-c2ccccc2)n1)c1cccc(F)c1. The molecule has 1 aromatic heterocycles. The highest BCUT2D eigenvalue weighted by atomic mass is 32.2. The average molecular weight is 353 g/mol. The van der Waals surface area contributed by atoms with Crippen LogP contribution < -0.4 is 0 Å². The summed E-state index contributed by atoms with van der Waals surface area (Å²) in [5, 5.41) is 5.15. The van der Waals surface area contributed by atoms with Gasteiger partial charge < -0.3 is 0 Å². The van der Waals surface area contributed by atoms with E-state index >= 15 is 0 Å². The minimum absolute atomic E-state index is 0.131. The number of carbonyl (C=O) groups is 1. The Morgan fingerprint density at radius 2 is 1.96 bits per heavy atom. The van der Waals surface area contributed by atoms with E-state index in [1.165, 1.54) is 23.9 Å². The van der Waals surface area contributed by atoms with Gasteiger partial charge in [-0.15, -0.1) is 5.10 Å². The highest BCUT2D eigenvalue weighted by Crippen LogP contribution is 2.40. The lowest BCUT2D eigenvalue weighted by Gasteiger charge is -2.03. The van der Waals surface area contributed by atoms with Crippen LogP contribution in [-0.2, 0) is 0 Å². The Bertz CT molecular complexity index is 906. The zero-order valence-corrected chi connectivity index (χ0v) is 14.2. The van der Waals surface area contributed by atoms with Crippen LogP contribution in [0.4, 0.5) is 4.39 Å². The summed E-state index contributed by atoms with van der Waals surface area (Å²) in [7, 11) is 0. The van der Waals surface area contributed by atoms with E-state index in [0.29, 0.717) is 16.6 Å². The molecular weight excluding hydrogens is 337 g/mol. The molecule has 2 aromatic carbocycles. The van der Waals surface area contributed by atoms with E-state index in [-0.39, 0.29) is 11.5 Å². The molecule has 0 radical (unpaired) electrons. The van der Waals surface area contributed by atoms with E-state index in [1.807, 2.05) is 35.0 Å². The first kappa shape index (κ1) is 16.0. The molecule has 3 aromatic rings. The van der Waals surface area contributed by atoms with Gasteiger partial charge in [0.05, 0.1) is 11.4 Å². The summed E-state index contributed by atoms with van der Waals surface area (Å²) in [5.74, 6) is 1.05. The van der Waals surface area contributed by atoms with Gasteiger partial charge in [0, 0.05) is 11.5 Å². The Morgan fingerprint density at radius 3 is 2.68 bits per heavy atom. The standard InChI is InChI=1S/C19H16FN3OS/c20-15-6-4-5-14(11-15)17(24)12-25-19-21-18(13-9-10-13)23(22-19)16-7-2-1-3-8-16/h1-8,11,13H,9-10,12H2. The van der Waals surface area contributed by atoms with Crippen molar-refractivity contribution < 1.29 is 9.18 Å². The summed E-state index contributed by atoms with van der Waals surface area (Å²) in [6, 6.07) is 15.6. The molecule has 1 heterocycles. The van der Waals surface area contributed by atoms with Gasteiger partial charge in [0.15, 0.2) is 5.78 Å². The molecule has 25 heavy (non-hydrogen) atoms. The highest BCUT2D eigenvalue weighted by molar-refractivity contribution is 7.99. The maximum absolute atomic E-state index is 13.2. The molecule has 0 aliphatic heterocycles. The molecule has 0 saturated heterocycles. The molecule has 1 aliphatic rings. The Balaban J connectivity index is 1.52. The van der Waals surface area contributed by atoms with Crippen molar-refractivity contribution in [3.8, 4) is 5.69 Å². The molecule has 4 nitrogen and oxygen atoms in total. The van der Waals surface area contributed by atoms with Gasteiger partial charge in [0.25, 0.3) is 0 Å². The van der Waals surface area contributed by atoms with E-state index in [2.05, 4.69) is 10.1 Å². The van der Waals surface area contributed by atoms with Crippen LogP contribution in [0.3, 0.4) is 0 Å². The van der Waals surface area contributed by atoms with Gasteiger partial charge in [-0.2, -0.15) is 0 Å². The Hall–Kier alpha value is -2.47. The Kier molecular flexibility index (Phi) is 4.36. The Morgan fingerprint density at radius 1 is 1.16 bits per heavy atom. The maximum Gasteiger partial charge on any atom is 0.209 e. The van der Waals surface area contributed by atoms with Crippen molar-refractivity contribution in [3.63, 3.8) is 0 Å². The van der Waals surface area contributed by atoms with Gasteiger partial charge >= 0.3 is 0 Å². The summed E-state index contributed by atoms with van der Waals surface area (Å²) in [6.07, 6.45) is 2.25. The van der Waals surface area contributed by atoms with Crippen molar-refractivity contribution in [1.29, 1.82) is 0 Å². The van der Waals surface area contributed by atoms with Crippen molar-refractivity contribution in [2.24, 2.45) is 0 Å². The molecule has 0 unspecified atom stereocenters. The third-order valence-corrected chi connectivity index (χ3v) is 4.87. The maximum atomic E-state index is 13.2. The Labute approximate surface area is 149 Å². The molecule has 6 heteroatoms. The number of Topliss-reactive ketones (excluding diaryl/α,β-unsaturated/α-hetero) is 1. The monoisotopic (exact) mass is 353 g/mol. The van der Waals surface area contributed by atoms with Crippen molar-refractivity contribution in [2.45, 2.75) is 23.9 Å². The third kappa shape index (κ3) is 3.64. The number of carbonyl (C=O) groups excluding carboxylic acids is 1. The number of halogens is 1.